The van der Waals surface area contributed by atoms with E-state index in [4.69, 9.17) is 5.84 Å². The van der Waals surface area contributed by atoms with Crippen LogP contribution >= 0.6 is 0 Å². The molecule has 0 aromatic carbocycles. The summed E-state index contributed by atoms with van der Waals surface area (Å²) in [5.41, 5.74) is 3.81. The first-order valence-corrected chi connectivity index (χ1v) is 4.85. The van der Waals surface area contributed by atoms with Crippen LogP contribution in [0.4, 0.5) is 0 Å². The summed E-state index contributed by atoms with van der Waals surface area (Å²) < 4.78 is 0. The second kappa shape index (κ2) is 2.71. The molecule has 0 aromatic rings. The monoisotopic (exact) mass is 170 g/mol. The fraction of sp³-hybridized carbons (Fsp3) is 1.00. The van der Waals surface area contributed by atoms with E-state index in [2.05, 4.69) is 40.0 Å². The van der Waals surface area contributed by atoms with Gasteiger partial charge in [0.15, 0.2) is 0 Å². The van der Waals surface area contributed by atoms with Crippen LogP contribution in [0.1, 0.15) is 41.0 Å². The molecule has 1 saturated carbocycles. The fourth-order valence-corrected chi connectivity index (χ4v) is 2.70. The predicted octanol–water partition coefficient (Wildman–Crippen LogP) is 1.91. The Kier molecular flexibility index (Phi) is 2.26. The molecule has 0 bridgehead atoms. The molecule has 3 N–H and O–H groups in total. The summed E-state index contributed by atoms with van der Waals surface area (Å²) in [5, 5.41) is 0. The van der Waals surface area contributed by atoms with E-state index in [1.807, 2.05) is 0 Å². The van der Waals surface area contributed by atoms with E-state index in [0.29, 0.717) is 16.9 Å². The molecule has 2 heteroatoms. The lowest BCUT2D eigenvalue weighted by Crippen LogP contribution is -2.38. The Balaban J connectivity index is 2.68. The summed E-state index contributed by atoms with van der Waals surface area (Å²) in [6.45, 7) is 11.5. The van der Waals surface area contributed by atoms with E-state index in [0.717, 1.165) is 12.3 Å². The van der Waals surface area contributed by atoms with Crippen molar-refractivity contribution in [3.05, 3.63) is 0 Å². The van der Waals surface area contributed by atoms with Gasteiger partial charge in [0.25, 0.3) is 0 Å². The van der Waals surface area contributed by atoms with Gasteiger partial charge in [0.2, 0.25) is 0 Å². The van der Waals surface area contributed by atoms with Crippen molar-refractivity contribution < 1.29 is 0 Å². The van der Waals surface area contributed by atoms with Crippen LogP contribution in [0, 0.1) is 16.7 Å². The lowest BCUT2D eigenvalue weighted by molar-refractivity contribution is 0.394. The van der Waals surface area contributed by atoms with Crippen LogP contribution in [0.15, 0.2) is 0 Å². The van der Waals surface area contributed by atoms with Crippen LogP contribution in [-0.4, -0.2) is 6.04 Å². The molecule has 0 radical (unpaired) electrons. The molecule has 12 heavy (non-hydrogen) atoms. The minimum atomic E-state index is 0.444. The highest BCUT2D eigenvalue weighted by molar-refractivity contribution is 5.15. The third-order valence-corrected chi connectivity index (χ3v) is 4.19. The number of hydrazine groups is 1. The summed E-state index contributed by atoms with van der Waals surface area (Å²) >= 11 is 0. The van der Waals surface area contributed by atoms with Gasteiger partial charge in [-0.1, -0.05) is 34.6 Å². The molecule has 0 aliphatic heterocycles. The molecule has 1 rings (SSSR count). The van der Waals surface area contributed by atoms with Crippen LogP contribution in [0.3, 0.4) is 0 Å². The van der Waals surface area contributed by atoms with Gasteiger partial charge < -0.3 is 0 Å². The van der Waals surface area contributed by atoms with Gasteiger partial charge in [-0.25, -0.2) is 0 Å². The van der Waals surface area contributed by atoms with Gasteiger partial charge in [-0.2, -0.15) is 0 Å². The Hall–Kier alpha value is -0.0800. The maximum Gasteiger partial charge on any atom is 0.0246 e. The molecule has 0 spiro atoms. The smallest absolute Gasteiger partial charge is 0.0246 e. The zero-order chi connectivity index (χ0) is 9.57. The van der Waals surface area contributed by atoms with Crippen molar-refractivity contribution in [2.24, 2.45) is 22.6 Å². The van der Waals surface area contributed by atoms with Crippen molar-refractivity contribution in [1.82, 2.24) is 5.43 Å². The van der Waals surface area contributed by atoms with Gasteiger partial charge in [0.1, 0.15) is 0 Å². The van der Waals surface area contributed by atoms with Crippen LogP contribution in [0.5, 0.6) is 0 Å². The van der Waals surface area contributed by atoms with E-state index in [1.165, 1.54) is 0 Å². The minimum absolute atomic E-state index is 0.444. The highest BCUT2D eigenvalue weighted by Gasteiger charge is 2.66. The summed E-state index contributed by atoms with van der Waals surface area (Å²) in [6, 6.07) is 0.481. The quantitative estimate of drug-likeness (QED) is 0.501. The van der Waals surface area contributed by atoms with E-state index >= 15 is 0 Å². The third-order valence-electron chi connectivity index (χ3n) is 4.19. The maximum absolute atomic E-state index is 5.52. The van der Waals surface area contributed by atoms with Crippen molar-refractivity contribution in [1.29, 1.82) is 0 Å². The van der Waals surface area contributed by atoms with Gasteiger partial charge in [-0.05, 0) is 23.2 Å². The summed E-state index contributed by atoms with van der Waals surface area (Å²) in [4.78, 5) is 0. The lowest BCUT2D eigenvalue weighted by atomic mass is 10.0. The fourth-order valence-electron chi connectivity index (χ4n) is 2.70. The minimum Gasteiger partial charge on any atom is -0.271 e. The highest BCUT2D eigenvalue weighted by Crippen LogP contribution is 2.69. The Morgan fingerprint density at radius 3 is 1.75 bits per heavy atom. The molecule has 1 aliphatic rings. The van der Waals surface area contributed by atoms with Crippen LogP contribution < -0.4 is 11.3 Å². The second-order valence-corrected chi connectivity index (χ2v) is 5.10. The molecule has 1 atom stereocenters. The number of nitrogens with two attached hydrogens (primary N) is 1. The zero-order valence-electron chi connectivity index (χ0n) is 8.94. The van der Waals surface area contributed by atoms with E-state index < -0.39 is 0 Å². The zero-order valence-corrected chi connectivity index (χ0v) is 8.94. The van der Waals surface area contributed by atoms with Crippen LogP contribution in [0.25, 0.3) is 0 Å². The first-order valence-electron chi connectivity index (χ1n) is 4.85. The first kappa shape index (κ1) is 10.0. The second-order valence-electron chi connectivity index (χ2n) is 5.10. The van der Waals surface area contributed by atoms with Crippen molar-refractivity contribution in [2.45, 2.75) is 47.1 Å². The highest BCUT2D eigenvalue weighted by atomic mass is 15.2. The molecule has 0 heterocycles. The number of rotatable bonds is 3. The topological polar surface area (TPSA) is 38.0 Å². The molecule has 1 aliphatic carbocycles. The molecule has 1 fully saturated rings. The van der Waals surface area contributed by atoms with Gasteiger partial charge in [-0.15, -0.1) is 0 Å². The van der Waals surface area contributed by atoms with Gasteiger partial charge in [-0.3, -0.25) is 11.3 Å². The number of hydrogen-bond acceptors (Lipinski definition) is 2. The molecule has 0 aromatic heterocycles. The molecule has 0 amide bonds. The third kappa shape index (κ3) is 1.09. The SMILES string of the molecule is CCC(NN)C1C(C)(C)C1(C)C. The molecule has 0 saturated heterocycles. The molecule has 1 unspecified atom stereocenters. The average Bonchev–Trinajstić information content (AvgIpc) is 2.34. The number of hydrogen-bond donors (Lipinski definition) is 2. The molecular weight excluding hydrogens is 148 g/mol. The molecule has 72 valence electrons. The van der Waals surface area contributed by atoms with Crippen molar-refractivity contribution in [3.63, 3.8) is 0 Å². The average molecular weight is 170 g/mol. The first-order chi connectivity index (χ1) is 5.39. The van der Waals surface area contributed by atoms with Gasteiger partial charge >= 0.3 is 0 Å². The Labute approximate surface area is 75.9 Å². The van der Waals surface area contributed by atoms with Crippen LogP contribution in [0.2, 0.25) is 0 Å². The largest absolute Gasteiger partial charge is 0.271 e. The molecule has 2 nitrogen and oxygen atoms in total. The van der Waals surface area contributed by atoms with E-state index in [9.17, 15) is 0 Å². The van der Waals surface area contributed by atoms with E-state index in [1.54, 1.807) is 0 Å². The Morgan fingerprint density at radius 1 is 1.25 bits per heavy atom. The Bertz CT molecular complexity index is 155. The van der Waals surface area contributed by atoms with Gasteiger partial charge in [0.05, 0.1) is 0 Å². The van der Waals surface area contributed by atoms with Crippen molar-refractivity contribution >= 4 is 0 Å². The predicted molar refractivity (Wildman–Crippen MR) is 52.5 cm³/mol. The lowest BCUT2D eigenvalue weighted by Gasteiger charge is -2.15. The maximum atomic E-state index is 5.52. The summed E-state index contributed by atoms with van der Waals surface area (Å²) in [5.74, 6) is 6.24. The van der Waals surface area contributed by atoms with Crippen molar-refractivity contribution in [3.8, 4) is 0 Å². The normalized spacial score (nSPS) is 28.5. The van der Waals surface area contributed by atoms with Crippen molar-refractivity contribution in [2.75, 3.05) is 0 Å². The Morgan fingerprint density at radius 2 is 1.67 bits per heavy atom. The van der Waals surface area contributed by atoms with Crippen LogP contribution in [-0.2, 0) is 0 Å². The van der Waals surface area contributed by atoms with Gasteiger partial charge in [0, 0.05) is 6.04 Å². The molecular formula is C10H22N2. The van der Waals surface area contributed by atoms with E-state index in [-0.39, 0.29) is 0 Å². The summed E-state index contributed by atoms with van der Waals surface area (Å²) in [6.07, 6.45) is 1.12. The summed E-state index contributed by atoms with van der Waals surface area (Å²) in [7, 11) is 0. The number of nitrogens with one attached hydrogen (secondary N) is 1. The standard InChI is InChI=1S/C10H22N2/c1-6-7(12-11)8-9(2,3)10(8,4)5/h7-8,12H,6,11H2,1-5H3.